The van der Waals surface area contributed by atoms with Gasteiger partial charge in [-0.15, -0.1) is 0 Å². The predicted molar refractivity (Wildman–Crippen MR) is 54.0 cm³/mol. The molecule has 1 aliphatic rings. The first kappa shape index (κ1) is 11.5. The fourth-order valence-corrected chi connectivity index (χ4v) is 1.45. The molecule has 1 fully saturated rings. The van der Waals surface area contributed by atoms with E-state index in [1.165, 1.54) is 9.80 Å². The molecular weight excluding hydrogens is 252 g/mol. The molecule has 0 aromatic heterocycles. The molecule has 0 spiro atoms. The van der Waals surface area contributed by atoms with E-state index in [9.17, 15) is 14.7 Å². The first-order valence-corrected chi connectivity index (χ1v) is 5.46. The van der Waals surface area contributed by atoms with Gasteiger partial charge < -0.3 is 14.9 Å². The Bertz CT molecular complexity index is 247. The van der Waals surface area contributed by atoms with E-state index < -0.39 is 17.9 Å². The van der Waals surface area contributed by atoms with Crippen molar-refractivity contribution in [3.05, 3.63) is 0 Å². The lowest BCUT2D eigenvalue weighted by Gasteiger charge is -2.32. The van der Waals surface area contributed by atoms with Gasteiger partial charge in [-0.25, -0.2) is 0 Å². The lowest BCUT2D eigenvalue weighted by atomic mass is 10.2. The summed E-state index contributed by atoms with van der Waals surface area (Å²) in [7, 11) is 1.60. The normalized spacial score (nSPS) is 20.2. The van der Waals surface area contributed by atoms with Gasteiger partial charge in [-0.05, 0) is 0 Å². The Kier molecular flexibility index (Phi) is 3.88. The highest BCUT2D eigenvalue weighted by Gasteiger charge is 2.30. The number of carbonyl (C=O) groups excluding carboxylic acids is 2. The van der Waals surface area contributed by atoms with Crippen molar-refractivity contribution in [2.45, 2.75) is 6.10 Å². The number of piperazine rings is 1. The van der Waals surface area contributed by atoms with Crippen LogP contribution >= 0.6 is 15.9 Å². The molecule has 0 saturated carbocycles. The number of likely N-dealkylation sites (N-methyl/N-ethyl adjacent to an activating group) is 1. The van der Waals surface area contributed by atoms with Crippen molar-refractivity contribution in [3.8, 4) is 0 Å². The molecular formula is C8H13BrN2O3. The number of aliphatic hydroxyl groups is 1. The Balaban J connectivity index is 2.55. The van der Waals surface area contributed by atoms with Crippen LogP contribution in [-0.4, -0.2) is 64.8 Å². The summed E-state index contributed by atoms with van der Waals surface area (Å²) in [6, 6.07) is 0. The molecule has 0 bridgehead atoms. The molecule has 1 heterocycles. The standard InChI is InChI=1S/C8H13BrN2O3/c1-10-2-3-11(5-6(12)4-9)8(14)7(10)13/h6,12H,2-5H2,1H3. The molecule has 1 saturated heterocycles. The second kappa shape index (κ2) is 4.75. The van der Waals surface area contributed by atoms with Crippen LogP contribution in [-0.2, 0) is 9.59 Å². The topological polar surface area (TPSA) is 60.9 Å². The Morgan fingerprint density at radius 1 is 1.43 bits per heavy atom. The van der Waals surface area contributed by atoms with Crippen LogP contribution in [0.25, 0.3) is 0 Å². The molecule has 0 aromatic rings. The molecule has 2 amide bonds. The summed E-state index contributed by atoms with van der Waals surface area (Å²) in [5.41, 5.74) is 0. The van der Waals surface area contributed by atoms with E-state index in [-0.39, 0.29) is 6.54 Å². The quantitative estimate of drug-likeness (QED) is 0.528. The van der Waals surface area contributed by atoms with Crippen molar-refractivity contribution in [2.24, 2.45) is 0 Å². The van der Waals surface area contributed by atoms with Crippen LogP contribution in [0.2, 0.25) is 0 Å². The fraction of sp³-hybridized carbons (Fsp3) is 0.750. The van der Waals surface area contributed by atoms with Crippen LogP contribution in [0, 0.1) is 0 Å². The average molecular weight is 265 g/mol. The Morgan fingerprint density at radius 2 is 2.07 bits per heavy atom. The number of hydrogen-bond donors (Lipinski definition) is 1. The van der Waals surface area contributed by atoms with Crippen LogP contribution in [0.15, 0.2) is 0 Å². The number of β-amino-alcohol motifs (C(OH)–C–C–N with tert-alkyl or cyclic N) is 1. The van der Waals surface area contributed by atoms with E-state index in [0.29, 0.717) is 18.4 Å². The average Bonchev–Trinajstić information content (AvgIpc) is 2.19. The third-order valence-electron chi connectivity index (χ3n) is 2.13. The monoisotopic (exact) mass is 264 g/mol. The summed E-state index contributed by atoms with van der Waals surface area (Å²) in [6.07, 6.45) is -0.616. The maximum absolute atomic E-state index is 11.4. The number of alkyl halides is 1. The summed E-state index contributed by atoms with van der Waals surface area (Å²) in [6.45, 7) is 1.23. The number of amides is 2. The smallest absolute Gasteiger partial charge is 0.312 e. The van der Waals surface area contributed by atoms with Crippen molar-refractivity contribution in [1.82, 2.24) is 9.80 Å². The molecule has 1 atom stereocenters. The third kappa shape index (κ3) is 2.45. The van der Waals surface area contributed by atoms with E-state index in [1.54, 1.807) is 7.05 Å². The van der Waals surface area contributed by atoms with E-state index in [0.717, 1.165) is 0 Å². The first-order valence-electron chi connectivity index (χ1n) is 4.34. The number of rotatable bonds is 3. The first-order chi connectivity index (χ1) is 6.56. The molecule has 0 aromatic carbocycles. The molecule has 5 nitrogen and oxygen atoms in total. The predicted octanol–water partition coefficient (Wildman–Crippen LogP) is -0.957. The van der Waals surface area contributed by atoms with Gasteiger partial charge in [0.05, 0.1) is 6.10 Å². The van der Waals surface area contributed by atoms with Crippen LogP contribution in [0.3, 0.4) is 0 Å². The van der Waals surface area contributed by atoms with Gasteiger partial charge in [-0.3, -0.25) is 9.59 Å². The summed E-state index contributed by atoms with van der Waals surface area (Å²) in [4.78, 5) is 25.4. The summed E-state index contributed by atoms with van der Waals surface area (Å²) < 4.78 is 0. The zero-order valence-corrected chi connectivity index (χ0v) is 9.53. The largest absolute Gasteiger partial charge is 0.390 e. The maximum Gasteiger partial charge on any atom is 0.312 e. The van der Waals surface area contributed by atoms with Gasteiger partial charge in [0.15, 0.2) is 0 Å². The van der Waals surface area contributed by atoms with Gasteiger partial charge in [0, 0.05) is 32.0 Å². The summed E-state index contributed by atoms with van der Waals surface area (Å²) in [5, 5.41) is 9.72. The van der Waals surface area contributed by atoms with Crippen molar-refractivity contribution in [2.75, 3.05) is 32.0 Å². The fourth-order valence-electron chi connectivity index (χ4n) is 1.25. The van der Waals surface area contributed by atoms with Crippen LogP contribution in [0.1, 0.15) is 0 Å². The van der Waals surface area contributed by atoms with E-state index in [1.807, 2.05) is 0 Å². The molecule has 80 valence electrons. The number of carbonyl (C=O) groups is 2. The van der Waals surface area contributed by atoms with Crippen molar-refractivity contribution in [1.29, 1.82) is 0 Å². The molecule has 1 N–H and O–H groups in total. The molecule has 0 aliphatic carbocycles. The molecule has 1 rings (SSSR count). The Labute approximate surface area is 90.8 Å². The van der Waals surface area contributed by atoms with E-state index >= 15 is 0 Å². The van der Waals surface area contributed by atoms with Crippen LogP contribution in [0.4, 0.5) is 0 Å². The Morgan fingerprint density at radius 3 is 2.64 bits per heavy atom. The van der Waals surface area contributed by atoms with Crippen molar-refractivity contribution in [3.63, 3.8) is 0 Å². The minimum absolute atomic E-state index is 0.212. The van der Waals surface area contributed by atoms with Gasteiger partial charge in [0.2, 0.25) is 0 Å². The number of aliphatic hydroxyl groups excluding tert-OH is 1. The van der Waals surface area contributed by atoms with Gasteiger partial charge >= 0.3 is 11.8 Å². The highest BCUT2D eigenvalue weighted by molar-refractivity contribution is 9.09. The summed E-state index contributed by atoms with van der Waals surface area (Å²) in [5.74, 6) is -1.03. The number of nitrogens with zero attached hydrogens (tertiary/aromatic N) is 2. The van der Waals surface area contributed by atoms with Crippen LogP contribution in [0.5, 0.6) is 0 Å². The van der Waals surface area contributed by atoms with Gasteiger partial charge in [0.1, 0.15) is 0 Å². The van der Waals surface area contributed by atoms with Gasteiger partial charge in [0.25, 0.3) is 0 Å². The lowest BCUT2D eigenvalue weighted by Crippen LogP contribution is -2.54. The lowest BCUT2D eigenvalue weighted by molar-refractivity contribution is -0.155. The molecule has 0 radical (unpaired) electrons. The highest BCUT2D eigenvalue weighted by atomic mass is 79.9. The second-order valence-electron chi connectivity index (χ2n) is 3.29. The minimum atomic E-state index is -0.616. The highest BCUT2D eigenvalue weighted by Crippen LogP contribution is 2.04. The maximum atomic E-state index is 11.4. The number of hydrogen-bond acceptors (Lipinski definition) is 3. The minimum Gasteiger partial charge on any atom is -0.390 e. The van der Waals surface area contributed by atoms with Gasteiger partial charge in [-0.2, -0.15) is 0 Å². The van der Waals surface area contributed by atoms with Crippen LogP contribution < -0.4 is 0 Å². The van der Waals surface area contributed by atoms with Gasteiger partial charge in [-0.1, -0.05) is 15.9 Å². The molecule has 14 heavy (non-hydrogen) atoms. The number of halogens is 1. The second-order valence-corrected chi connectivity index (χ2v) is 3.93. The molecule has 6 heteroatoms. The molecule has 1 unspecified atom stereocenters. The van der Waals surface area contributed by atoms with Crippen molar-refractivity contribution < 1.29 is 14.7 Å². The summed E-state index contributed by atoms with van der Waals surface area (Å²) >= 11 is 3.11. The van der Waals surface area contributed by atoms with E-state index in [2.05, 4.69) is 15.9 Å². The molecule has 1 aliphatic heterocycles. The Hall–Kier alpha value is -0.620. The van der Waals surface area contributed by atoms with Crippen molar-refractivity contribution >= 4 is 27.7 Å². The van der Waals surface area contributed by atoms with E-state index in [4.69, 9.17) is 0 Å². The zero-order chi connectivity index (χ0) is 10.7. The third-order valence-corrected chi connectivity index (χ3v) is 2.88. The zero-order valence-electron chi connectivity index (χ0n) is 7.94. The SMILES string of the molecule is CN1CCN(CC(O)CBr)C(=O)C1=O.